The maximum Gasteiger partial charge on any atom is 0.170 e. The lowest BCUT2D eigenvalue weighted by Crippen LogP contribution is -2.25. The highest BCUT2D eigenvalue weighted by atomic mass is 19.1. The van der Waals surface area contributed by atoms with Crippen LogP contribution in [0.4, 0.5) is 4.39 Å². The molecule has 1 aliphatic rings. The van der Waals surface area contributed by atoms with Gasteiger partial charge in [-0.1, -0.05) is 17.3 Å². The summed E-state index contributed by atoms with van der Waals surface area (Å²) in [4.78, 5) is 2.47. The van der Waals surface area contributed by atoms with E-state index in [1.807, 2.05) is 0 Å². The minimum absolute atomic E-state index is 0.0842. The molecule has 2 rings (SSSR count). The summed E-state index contributed by atoms with van der Waals surface area (Å²) >= 11 is 0. The quantitative estimate of drug-likeness (QED) is 0.234. The average Bonchev–Trinajstić information content (AvgIpc) is 3.00. The smallest absolute Gasteiger partial charge is 0.170 e. The van der Waals surface area contributed by atoms with Crippen molar-refractivity contribution in [2.75, 3.05) is 26.2 Å². The second-order valence-corrected chi connectivity index (χ2v) is 5.37. The third kappa shape index (κ3) is 4.68. The van der Waals surface area contributed by atoms with E-state index in [0.29, 0.717) is 17.7 Å². The van der Waals surface area contributed by atoms with Crippen molar-refractivity contribution < 1.29 is 9.60 Å². The van der Waals surface area contributed by atoms with Crippen molar-refractivity contribution >= 4 is 5.84 Å². The number of oxime groups is 1. The van der Waals surface area contributed by atoms with E-state index >= 15 is 0 Å². The molecule has 5 nitrogen and oxygen atoms in total. The highest BCUT2D eigenvalue weighted by Crippen LogP contribution is 2.11. The van der Waals surface area contributed by atoms with E-state index in [-0.39, 0.29) is 11.7 Å². The van der Waals surface area contributed by atoms with Gasteiger partial charge in [-0.05, 0) is 51.5 Å². The fraction of sp³-hybridized carbons (Fsp3) is 0.533. The Balaban J connectivity index is 1.72. The highest BCUT2D eigenvalue weighted by molar-refractivity contribution is 5.97. The van der Waals surface area contributed by atoms with E-state index < -0.39 is 0 Å². The topological polar surface area (TPSA) is 73.9 Å². The van der Waals surface area contributed by atoms with Gasteiger partial charge in [0.1, 0.15) is 5.82 Å². The first kappa shape index (κ1) is 15.7. The van der Waals surface area contributed by atoms with Gasteiger partial charge in [-0.3, -0.25) is 0 Å². The molecule has 116 valence electrons. The summed E-state index contributed by atoms with van der Waals surface area (Å²) in [5.74, 6) is -0.426. The Morgan fingerprint density at radius 2 is 2.14 bits per heavy atom. The lowest BCUT2D eigenvalue weighted by atomic mass is 10.1. The third-order valence-corrected chi connectivity index (χ3v) is 3.80. The van der Waals surface area contributed by atoms with Gasteiger partial charge >= 0.3 is 0 Å². The molecule has 0 saturated carbocycles. The SMILES string of the molecule is NC(=NO)c1ccc(CNCCCN2CCCC2)c(F)c1. The molecule has 0 aromatic heterocycles. The standard InChI is InChI=1S/C15H23FN4O/c16-14-10-12(15(17)19-21)4-5-13(14)11-18-6-3-9-20-7-1-2-8-20/h4-5,10,18,21H,1-3,6-9,11H2,(H2,17,19). The largest absolute Gasteiger partial charge is 0.409 e. The van der Waals surface area contributed by atoms with Crippen LogP contribution < -0.4 is 11.1 Å². The summed E-state index contributed by atoms with van der Waals surface area (Å²) in [6.45, 7) is 4.89. The number of benzene rings is 1. The Morgan fingerprint density at radius 3 is 2.81 bits per heavy atom. The molecule has 1 aromatic carbocycles. The van der Waals surface area contributed by atoms with Crippen molar-refractivity contribution in [3.8, 4) is 0 Å². The molecule has 0 bridgehead atoms. The second-order valence-electron chi connectivity index (χ2n) is 5.37. The van der Waals surface area contributed by atoms with Gasteiger partial charge in [0.2, 0.25) is 0 Å². The van der Waals surface area contributed by atoms with Gasteiger partial charge in [-0.25, -0.2) is 4.39 Å². The molecular formula is C15H23FN4O. The maximum absolute atomic E-state index is 13.9. The summed E-state index contributed by atoms with van der Waals surface area (Å²) < 4.78 is 13.9. The van der Waals surface area contributed by atoms with Crippen LogP contribution in [0.1, 0.15) is 30.4 Å². The summed E-state index contributed by atoms with van der Waals surface area (Å²) in [6.07, 6.45) is 3.69. The maximum atomic E-state index is 13.9. The number of halogens is 1. The first-order valence-electron chi connectivity index (χ1n) is 7.40. The van der Waals surface area contributed by atoms with Crippen molar-refractivity contribution in [2.24, 2.45) is 10.9 Å². The van der Waals surface area contributed by atoms with Crippen molar-refractivity contribution in [1.82, 2.24) is 10.2 Å². The van der Waals surface area contributed by atoms with Gasteiger partial charge in [0, 0.05) is 17.7 Å². The molecule has 0 aliphatic carbocycles. The third-order valence-electron chi connectivity index (χ3n) is 3.80. The number of likely N-dealkylation sites (tertiary alicyclic amines) is 1. The van der Waals surface area contributed by atoms with E-state index in [1.54, 1.807) is 12.1 Å². The van der Waals surface area contributed by atoms with Gasteiger partial charge < -0.3 is 21.2 Å². The van der Waals surface area contributed by atoms with Crippen LogP contribution in [0.2, 0.25) is 0 Å². The van der Waals surface area contributed by atoms with Crippen molar-refractivity contribution in [3.05, 3.63) is 35.1 Å². The minimum atomic E-state index is -0.342. The van der Waals surface area contributed by atoms with Crippen LogP contribution in [-0.2, 0) is 6.54 Å². The molecule has 4 N–H and O–H groups in total. The molecule has 6 heteroatoms. The van der Waals surface area contributed by atoms with E-state index in [2.05, 4.69) is 15.4 Å². The minimum Gasteiger partial charge on any atom is -0.409 e. The second kappa shape index (κ2) is 7.95. The monoisotopic (exact) mass is 294 g/mol. The lowest BCUT2D eigenvalue weighted by Gasteiger charge is -2.14. The number of nitrogens with two attached hydrogens (primary N) is 1. The van der Waals surface area contributed by atoms with Crippen molar-refractivity contribution in [1.29, 1.82) is 0 Å². The molecule has 0 amide bonds. The van der Waals surface area contributed by atoms with Crippen LogP contribution in [0.25, 0.3) is 0 Å². The Kier molecular flexibility index (Phi) is 5.95. The van der Waals surface area contributed by atoms with Gasteiger partial charge in [-0.2, -0.15) is 0 Å². The number of rotatable bonds is 7. The fourth-order valence-electron chi connectivity index (χ4n) is 2.56. The predicted molar refractivity (Wildman–Crippen MR) is 80.9 cm³/mol. The Bertz CT molecular complexity index is 487. The zero-order valence-corrected chi connectivity index (χ0v) is 12.2. The molecule has 21 heavy (non-hydrogen) atoms. The van der Waals surface area contributed by atoms with Gasteiger partial charge in [-0.15, -0.1) is 0 Å². The number of nitrogens with one attached hydrogen (secondary N) is 1. The fourth-order valence-corrected chi connectivity index (χ4v) is 2.56. The Morgan fingerprint density at radius 1 is 1.38 bits per heavy atom. The summed E-state index contributed by atoms with van der Waals surface area (Å²) in [5.41, 5.74) is 6.40. The predicted octanol–water partition coefficient (Wildman–Crippen LogP) is 1.50. The van der Waals surface area contributed by atoms with Crippen LogP contribution in [-0.4, -0.2) is 42.1 Å². The first-order valence-corrected chi connectivity index (χ1v) is 7.40. The average molecular weight is 294 g/mol. The summed E-state index contributed by atoms with van der Waals surface area (Å²) in [7, 11) is 0. The lowest BCUT2D eigenvalue weighted by molar-refractivity contribution is 0.318. The zero-order chi connectivity index (χ0) is 15.1. The van der Waals surface area contributed by atoms with Crippen LogP contribution in [0.5, 0.6) is 0 Å². The molecule has 0 spiro atoms. The normalized spacial score (nSPS) is 16.5. The molecule has 1 saturated heterocycles. The van der Waals surface area contributed by atoms with E-state index in [0.717, 1.165) is 19.5 Å². The Hall–Kier alpha value is -1.66. The molecule has 1 heterocycles. The zero-order valence-electron chi connectivity index (χ0n) is 12.2. The van der Waals surface area contributed by atoms with Crippen LogP contribution in [0.15, 0.2) is 23.4 Å². The molecule has 0 unspecified atom stereocenters. The van der Waals surface area contributed by atoms with Crippen molar-refractivity contribution in [2.45, 2.75) is 25.8 Å². The first-order chi connectivity index (χ1) is 10.2. The number of amidine groups is 1. The van der Waals surface area contributed by atoms with Crippen molar-refractivity contribution in [3.63, 3.8) is 0 Å². The van der Waals surface area contributed by atoms with Gasteiger partial charge in [0.25, 0.3) is 0 Å². The highest BCUT2D eigenvalue weighted by Gasteiger charge is 2.10. The molecular weight excluding hydrogens is 271 g/mol. The molecule has 0 atom stereocenters. The van der Waals surface area contributed by atoms with E-state index in [1.165, 1.54) is 32.0 Å². The van der Waals surface area contributed by atoms with Gasteiger partial charge in [0.15, 0.2) is 5.84 Å². The van der Waals surface area contributed by atoms with Crippen LogP contribution in [0.3, 0.4) is 0 Å². The van der Waals surface area contributed by atoms with E-state index in [4.69, 9.17) is 10.9 Å². The summed E-state index contributed by atoms with van der Waals surface area (Å²) in [6, 6.07) is 4.60. The number of hydrogen-bond acceptors (Lipinski definition) is 4. The van der Waals surface area contributed by atoms with E-state index in [9.17, 15) is 4.39 Å². The molecule has 1 aliphatic heterocycles. The number of nitrogens with zero attached hydrogens (tertiary/aromatic N) is 2. The Labute approximate surface area is 124 Å². The number of hydrogen-bond donors (Lipinski definition) is 3. The van der Waals surface area contributed by atoms with Crippen LogP contribution >= 0.6 is 0 Å². The van der Waals surface area contributed by atoms with Gasteiger partial charge in [0.05, 0.1) is 0 Å². The molecule has 1 aromatic rings. The molecule has 0 radical (unpaired) electrons. The molecule has 1 fully saturated rings. The van der Waals surface area contributed by atoms with Crippen LogP contribution in [0, 0.1) is 5.82 Å². The summed E-state index contributed by atoms with van der Waals surface area (Å²) in [5, 5.41) is 14.7.